The summed E-state index contributed by atoms with van der Waals surface area (Å²) >= 11 is 0. The highest BCUT2D eigenvalue weighted by atomic mass is 16.5. The van der Waals surface area contributed by atoms with E-state index < -0.39 is 23.4 Å². The number of aromatic amines is 1. The van der Waals surface area contributed by atoms with E-state index in [0.29, 0.717) is 5.75 Å². The lowest BCUT2D eigenvalue weighted by atomic mass is 9.97. The highest BCUT2D eigenvalue weighted by Crippen LogP contribution is 2.35. The first kappa shape index (κ1) is 20.3. The van der Waals surface area contributed by atoms with Crippen LogP contribution in [0.25, 0.3) is 10.9 Å². The van der Waals surface area contributed by atoms with Gasteiger partial charge in [-0.1, -0.05) is 60.7 Å². The van der Waals surface area contributed by atoms with Crippen molar-refractivity contribution in [2.75, 3.05) is 0 Å². The minimum Gasteiger partial charge on any atom is -0.479 e. The van der Waals surface area contributed by atoms with E-state index in [9.17, 15) is 19.8 Å². The van der Waals surface area contributed by atoms with Crippen LogP contribution in [-0.2, 0) is 10.5 Å². The van der Waals surface area contributed by atoms with Crippen molar-refractivity contribution < 1.29 is 19.7 Å². The number of ether oxygens (including phenoxy) is 1. The van der Waals surface area contributed by atoms with Crippen molar-refractivity contribution in [2.45, 2.75) is 11.8 Å². The largest absolute Gasteiger partial charge is 0.479 e. The van der Waals surface area contributed by atoms with Crippen molar-refractivity contribution in [3.8, 4) is 5.75 Å². The molecule has 4 rings (SSSR count). The molecule has 0 fully saturated rings. The topological polar surface area (TPSA) is 126 Å². The molecule has 0 aliphatic heterocycles. The quantitative estimate of drug-likeness (QED) is 0.358. The van der Waals surface area contributed by atoms with Crippen LogP contribution in [0.4, 0.5) is 0 Å². The van der Waals surface area contributed by atoms with Gasteiger partial charge in [-0.05, 0) is 29.3 Å². The molecule has 5 N–H and O–H groups in total. The predicted molar refractivity (Wildman–Crippen MR) is 116 cm³/mol. The predicted octanol–water partition coefficient (Wildman–Crippen LogP) is 2.88. The third-order valence-electron chi connectivity index (χ3n) is 5.04. The van der Waals surface area contributed by atoms with Crippen LogP contribution < -0.4 is 16.0 Å². The number of H-pyrrole nitrogens is 1. The number of hydrogen-bond donors (Lipinski definition) is 4. The van der Waals surface area contributed by atoms with E-state index in [1.54, 1.807) is 0 Å². The minimum atomic E-state index is -2.63. The fourth-order valence-corrected chi connectivity index (χ4v) is 3.48. The molecule has 31 heavy (non-hydrogen) atoms. The Bertz CT molecular complexity index is 1240. The van der Waals surface area contributed by atoms with Gasteiger partial charge in [-0.3, -0.25) is 10.5 Å². The van der Waals surface area contributed by atoms with Gasteiger partial charge in [0.2, 0.25) is 11.3 Å². The number of carbonyl (C=O) groups is 1. The summed E-state index contributed by atoms with van der Waals surface area (Å²) in [6, 6.07) is 24.7. The van der Waals surface area contributed by atoms with Crippen LogP contribution in [0.3, 0.4) is 0 Å². The van der Waals surface area contributed by atoms with Crippen LogP contribution in [0.2, 0.25) is 0 Å². The molecular weight excluding hydrogens is 396 g/mol. The zero-order valence-corrected chi connectivity index (χ0v) is 16.4. The van der Waals surface area contributed by atoms with Crippen molar-refractivity contribution >= 4 is 16.9 Å². The second-order valence-corrected chi connectivity index (χ2v) is 7.11. The summed E-state index contributed by atoms with van der Waals surface area (Å²) in [6.45, 7) is 0. The van der Waals surface area contributed by atoms with Crippen molar-refractivity contribution in [3.63, 3.8) is 0 Å². The zero-order valence-electron chi connectivity index (χ0n) is 16.4. The summed E-state index contributed by atoms with van der Waals surface area (Å²) in [5.41, 5.74) is 4.58. The number of carboxylic acid groups (broad SMARTS) is 1. The van der Waals surface area contributed by atoms with Crippen molar-refractivity contribution in [3.05, 3.63) is 112 Å². The SMILES string of the molecule is NC(O)(C(=O)O)c1ccc(OC(c2ccccc2)c2ccccc2)c2[nH]c(=O)ccc12. The number of nitrogens with one attached hydrogen (secondary N) is 1. The summed E-state index contributed by atoms with van der Waals surface area (Å²) < 4.78 is 6.34. The fraction of sp³-hybridized carbons (Fsp3) is 0.0833. The second-order valence-electron chi connectivity index (χ2n) is 7.11. The van der Waals surface area contributed by atoms with Gasteiger partial charge in [-0.25, -0.2) is 4.79 Å². The zero-order chi connectivity index (χ0) is 22.0. The first-order valence-electron chi connectivity index (χ1n) is 9.55. The van der Waals surface area contributed by atoms with Gasteiger partial charge in [-0.2, -0.15) is 0 Å². The molecule has 0 saturated heterocycles. The number of fused-ring (bicyclic) bond motifs is 1. The van der Waals surface area contributed by atoms with Gasteiger partial charge in [0, 0.05) is 17.0 Å². The number of rotatable bonds is 6. The Hall–Kier alpha value is -3.94. The second kappa shape index (κ2) is 8.06. The van der Waals surface area contributed by atoms with Crippen LogP contribution >= 0.6 is 0 Å². The van der Waals surface area contributed by atoms with Gasteiger partial charge in [0.1, 0.15) is 11.9 Å². The Kier molecular flexibility index (Phi) is 5.29. The summed E-state index contributed by atoms with van der Waals surface area (Å²) in [6.07, 6.45) is -0.489. The smallest absolute Gasteiger partial charge is 0.356 e. The van der Waals surface area contributed by atoms with E-state index >= 15 is 0 Å². The number of carboxylic acids is 1. The minimum absolute atomic E-state index is 0.0606. The molecule has 7 nitrogen and oxygen atoms in total. The Balaban J connectivity index is 1.88. The normalized spacial score (nSPS) is 13.1. The van der Waals surface area contributed by atoms with E-state index in [1.807, 2.05) is 60.7 Å². The van der Waals surface area contributed by atoms with E-state index in [2.05, 4.69) is 4.98 Å². The summed E-state index contributed by atoms with van der Waals surface area (Å²) in [7, 11) is 0. The molecule has 0 bridgehead atoms. The van der Waals surface area contributed by atoms with Crippen LogP contribution in [-0.4, -0.2) is 21.2 Å². The molecule has 0 amide bonds. The molecule has 4 aromatic rings. The number of hydrogen-bond acceptors (Lipinski definition) is 5. The molecule has 1 aromatic heterocycles. The summed E-state index contributed by atoms with van der Waals surface area (Å²) in [4.78, 5) is 26.2. The van der Waals surface area contributed by atoms with Gasteiger partial charge in [0.25, 0.3) is 0 Å². The average molecular weight is 416 g/mol. The van der Waals surface area contributed by atoms with E-state index in [-0.39, 0.29) is 16.5 Å². The molecule has 0 aliphatic carbocycles. The molecule has 0 radical (unpaired) electrons. The number of pyridine rings is 1. The molecule has 0 spiro atoms. The Morgan fingerprint density at radius 2 is 1.48 bits per heavy atom. The molecule has 0 saturated carbocycles. The van der Waals surface area contributed by atoms with Crippen LogP contribution in [0.5, 0.6) is 5.75 Å². The number of aliphatic hydroxyl groups is 1. The third-order valence-corrected chi connectivity index (χ3v) is 5.04. The number of aromatic nitrogens is 1. The molecule has 7 heteroatoms. The first-order chi connectivity index (χ1) is 14.9. The number of aliphatic carboxylic acids is 1. The maximum atomic E-state index is 12.0. The monoisotopic (exact) mass is 416 g/mol. The van der Waals surface area contributed by atoms with Crippen molar-refractivity contribution in [1.82, 2.24) is 4.98 Å². The van der Waals surface area contributed by atoms with Gasteiger partial charge >= 0.3 is 5.97 Å². The van der Waals surface area contributed by atoms with Gasteiger partial charge in [0.05, 0.1) is 5.52 Å². The third kappa shape index (κ3) is 3.92. The lowest BCUT2D eigenvalue weighted by molar-refractivity contribution is -0.158. The summed E-state index contributed by atoms with van der Waals surface area (Å²) in [5.74, 6) is -1.30. The standard InChI is InChI=1S/C24H20N2O5/c25-24(30,23(28)29)18-12-13-19(21-17(18)11-14-20(27)26-21)31-22(15-7-3-1-4-8-15)16-9-5-2-6-10-16/h1-14,22,30H,25H2,(H,26,27)(H,28,29). The van der Waals surface area contributed by atoms with E-state index in [0.717, 1.165) is 11.1 Å². The first-order valence-corrected chi connectivity index (χ1v) is 9.55. The van der Waals surface area contributed by atoms with Gasteiger partial charge < -0.3 is 19.9 Å². The lowest BCUT2D eigenvalue weighted by Crippen LogP contribution is -2.44. The van der Waals surface area contributed by atoms with E-state index in [4.69, 9.17) is 10.5 Å². The molecule has 1 unspecified atom stereocenters. The number of benzene rings is 3. The van der Waals surface area contributed by atoms with Crippen LogP contribution in [0, 0.1) is 0 Å². The molecule has 3 aromatic carbocycles. The van der Waals surface area contributed by atoms with Gasteiger partial charge in [0.15, 0.2) is 0 Å². The maximum Gasteiger partial charge on any atom is 0.356 e. The Morgan fingerprint density at radius 1 is 0.903 bits per heavy atom. The highest BCUT2D eigenvalue weighted by molar-refractivity contribution is 5.92. The lowest BCUT2D eigenvalue weighted by Gasteiger charge is -2.24. The summed E-state index contributed by atoms with van der Waals surface area (Å²) in [5, 5.41) is 19.9. The molecular formula is C24H20N2O5. The fourth-order valence-electron chi connectivity index (χ4n) is 3.48. The van der Waals surface area contributed by atoms with E-state index in [1.165, 1.54) is 24.3 Å². The van der Waals surface area contributed by atoms with Crippen molar-refractivity contribution in [1.29, 1.82) is 0 Å². The molecule has 1 heterocycles. The Labute approximate surface area is 177 Å². The average Bonchev–Trinajstić information content (AvgIpc) is 2.78. The van der Waals surface area contributed by atoms with Crippen LogP contribution in [0.15, 0.2) is 89.7 Å². The maximum absolute atomic E-state index is 12.0. The highest BCUT2D eigenvalue weighted by Gasteiger charge is 2.35. The Morgan fingerprint density at radius 3 is 2.03 bits per heavy atom. The van der Waals surface area contributed by atoms with Gasteiger partial charge in [-0.15, -0.1) is 0 Å². The molecule has 156 valence electrons. The number of nitrogens with two attached hydrogens (primary N) is 1. The van der Waals surface area contributed by atoms with Crippen LogP contribution in [0.1, 0.15) is 22.8 Å². The molecule has 0 aliphatic rings. The van der Waals surface area contributed by atoms with Crippen molar-refractivity contribution in [2.24, 2.45) is 5.73 Å². The molecule has 1 atom stereocenters.